The number of nitrogens with one attached hydrogen (secondary N) is 2. The van der Waals surface area contributed by atoms with Crippen molar-refractivity contribution in [2.75, 3.05) is 10.6 Å². The van der Waals surface area contributed by atoms with E-state index in [0.717, 1.165) is 17.1 Å². The van der Waals surface area contributed by atoms with Crippen LogP contribution in [0.2, 0.25) is 0 Å². The molecule has 6 heteroatoms. The highest BCUT2D eigenvalue weighted by Crippen LogP contribution is 2.20. The molecule has 2 aromatic carbocycles. The van der Waals surface area contributed by atoms with Crippen molar-refractivity contribution in [2.24, 2.45) is 0 Å². The summed E-state index contributed by atoms with van der Waals surface area (Å²) in [5.74, 6) is 1.43. The summed E-state index contributed by atoms with van der Waals surface area (Å²) >= 11 is 0. The second kappa shape index (κ2) is 9.19. The highest BCUT2D eigenvalue weighted by molar-refractivity contribution is 6.03. The smallest absolute Gasteiger partial charge is 0.258 e. The van der Waals surface area contributed by atoms with E-state index in [1.165, 1.54) is 18.0 Å². The largest absolute Gasteiger partial charge is 0.491 e. The summed E-state index contributed by atoms with van der Waals surface area (Å²) in [7, 11) is 0. The molecule has 0 atom stereocenters. The van der Waals surface area contributed by atoms with Gasteiger partial charge in [0.25, 0.3) is 5.91 Å². The molecule has 1 aromatic heterocycles. The third-order valence-electron chi connectivity index (χ3n) is 4.23. The van der Waals surface area contributed by atoms with Crippen molar-refractivity contribution in [3.63, 3.8) is 0 Å². The molecule has 0 radical (unpaired) electrons. The molecular weight excluding hydrogens is 364 g/mol. The molecule has 3 rings (SSSR count). The predicted molar refractivity (Wildman–Crippen MR) is 116 cm³/mol. The summed E-state index contributed by atoms with van der Waals surface area (Å²) in [6, 6.07) is 15.4. The van der Waals surface area contributed by atoms with Gasteiger partial charge < -0.3 is 15.4 Å². The average Bonchev–Trinajstić information content (AvgIpc) is 2.70. The Balaban J connectivity index is 1.59. The van der Waals surface area contributed by atoms with Gasteiger partial charge in [-0.05, 0) is 61.7 Å². The van der Waals surface area contributed by atoms with Crippen LogP contribution in [0.3, 0.4) is 0 Å². The molecule has 0 fully saturated rings. The first-order valence-corrected chi connectivity index (χ1v) is 9.68. The predicted octanol–water partition coefficient (Wildman–Crippen LogP) is 5.38. The summed E-state index contributed by atoms with van der Waals surface area (Å²) in [5, 5.41) is 5.97. The SMILES string of the molecule is CC(C)Oc1ccc(Nc2ncc(C(=O)Nc3ccc(C(C)C)cc3)cn2)cc1. The quantitative estimate of drug-likeness (QED) is 0.566. The Morgan fingerprint density at radius 2 is 1.45 bits per heavy atom. The molecule has 2 N–H and O–H groups in total. The van der Waals surface area contributed by atoms with E-state index in [0.29, 0.717) is 17.4 Å². The maximum atomic E-state index is 12.4. The molecule has 1 amide bonds. The lowest BCUT2D eigenvalue weighted by atomic mass is 10.0. The molecule has 0 aliphatic heterocycles. The van der Waals surface area contributed by atoms with Gasteiger partial charge in [-0.25, -0.2) is 9.97 Å². The molecule has 6 nitrogen and oxygen atoms in total. The van der Waals surface area contributed by atoms with E-state index < -0.39 is 0 Å². The molecule has 1 heterocycles. The fraction of sp³-hybridized carbons (Fsp3) is 0.261. The van der Waals surface area contributed by atoms with E-state index in [1.54, 1.807) is 0 Å². The maximum absolute atomic E-state index is 12.4. The fourth-order valence-electron chi connectivity index (χ4n) is 2.68. The second-order valence-corrected chi connectivity index (χ2v) is 7.34. The number of hydrogen-bond donors (Lipinski definition) is 2. The van der Waals surface area contributed by atoms with Crippen LogP contribution in [0.5, 0.6) is 5.75 Å². The van der Waals surface area contributed by atoms with E-state index in [2.05, 4.69) is 34.4 Å². The molecule has 29 heavy (non-hydrogen) atoms. The van der Waals surface area contributed by atoms with Crippen molar-refractivity contribution < 1.29 is 9.53 Å². The van der Waals surface area contributed by atoms with Crippen molar-refractivity contribution in [1.82, 2.24) is 9.97 Å². The molecule has 0 saturated heterocycles. The summed E-state index contributed by atoms with van der Waals surface area (Å²) in [4.78, 5) is 20.9. The van der Waals surface area contributed by atoms with Crippen LogP contribution in [-0.2, 0) is 0 Å². The lowest BCUT2D eigenvalue weighted by Crippen LogP contribution is -2.13. The number of amides is 1. The Morgan fingerprint density at radius 1 is 0.862 bits per heavy atom. The lowest BCUT2D eigenvalue weighted by Gasteiger charge is -2.11. The number of carbonyl (C=O) groups excluding carboxylic acids is 1. The normalized spacial score (nSPS) is 10.8. The first-order valence-electron chi connectivity index (χ1n) is 9.68. The van der Waals surface area contributed by atoms with Gasteiger partial charge in [-0.3, -0.25) is 4.79 Å². The summed E-state index contributed by atoms with van der Waals surface area (Å²) in [6.07, 6.45) is 3.14. The van der Waals surface area contributed by atoms with Crippen LogP contribution in [0.4, 0.5) is 17.3 Å². The van der Waals surface area contributed by atoms with Gasteiger partial charge in [0.1, 0.15) is 5.75 Å². The van der Waals surface area contributed by atoms with E-state index in [9.17, 15) is 4.79 Å². The summed E-state index contributed by atoms with van der Waals surface area (Å²) in [6.45, 7) is 8.24. The number of anilines is 3. The first-order chi connectivity index (χ1) is 13.9. The fourth-order valence-corrected chi connectivity index (χ4v) is 2.68. The molecule has 150 valence electrons. The highest BCUT2D eigenvalue weighted by Gasteiger charge is 2.09. The monoisotopic (exact) mass is 390 g/mol. The Hall–Kier alpha value is -3.41. The van der Waals surface area contributed by atoms with Crippen molar-refractivity contribution in [1.29, 1.82) is 0 Å². The molecular formula is C23H26N4O2. The Kier molecular flexibility index (Phi) is 6.44. The van der Waals surface area contributed by atoms with E-state index in [-0.39, 0.29) is 12.0 Å². The average molecular weight is 390 g/mol. The molecule has 0 spiro atoms. The van der Waals surface area contributed by atoms with Crippen LogP contribution in [0.25, 0.3) is 0 Å². The van der Waals surface area contributed by atoms with Gasteiger partial charge in [-0.1, -0.05) is 26.0 Å². The minimum absolute atomic E-state index is 0.129. The number of rotatable bonds is 7. The zero-order chi connectivity index (χ0) is 20.8. The molecule has 0 saturated carbocycles. The second-order valence-electron chi connectivity index (χ2n) is 7.34. The molecule has 0 aliphatic rings. The minimum Gasteiger partial charge on any atom is -0.491 e. The van der Waals surface area contributed by atoms with E-state index in [4.69, 9.17) is 4.74 Å². The molecule has 0 bridgehead atoms. The minimum atomic E-state index is -0.246. The van der Waals surface area contributed by atoms with Gasteiger partial charge in [-0.15, -0.1) is 0 Å². The number of hydrogen-bond acceptors (Lipinski definition) is 5. The summed E-state index contributed by atoms with van der Waals surface area (Å²) in [5.41, 5.74) is 3.20. The maximum Gasteiger partial charge on any atom is 0.258 e. The summed E-state index contributed by atoms with van der Waals surface area (Å²) < 4.78 is 5.62. The number of aromatic nitrogens is 2. The third-order valence-corrected chi connectivity index (χ3v) is 4.23. The number of carbonyl (C=O) groups is 1. The van der Waals surface area contributed by atoms with Crippen molar-refractivity contribution in [2.45, 2.75) is 39.7 Å². The third kappa shape index (κ3) is 5.78. The van der Waals surface area contributed by atoms with Gasteiger partial charge in [-0.2, -0.15) is 0 Å². The number of benzene rings is 2. The van der Waals surface area contributed by atoms with Crippen LogP contribution in [0.15, 0.2) is 60.9 Å². The van der Waals surface area contributed by atoms with Crippen LogP contribution < -0.4 is 15.4 Å². The van der Waals surface area contributed by atoms with Gasteiger partial charge >= 0.3 is 0 Å². The van der Waals surface area contributed by atoms with Gasteiger partial charge in [0.15, 0.2) is 0 Å². The highest BCUT2D eigenvalue weighted by atomic mass is 16.5. The Bertz CT molecular complexity index is 934. The number of nitrogens with zero attached hydrogens (tertiary/aromatic N) is 2. The topological polar surface area (TPSA) is 76.1 Å². The molecule has 0 aliphatic carbocycles. The van der Waals surface area contributed by atoms with Crippen LogP contribution in [-0.4, -0.2) is 22.0 Å². The number of ether oxygens (including phenoxy) is 1. The Labute approximate surface area is 171 Å². The van der Waals surface area contributed by atoms with Gasteiger partial charge in [0.2, 0.25) is 5.95 Å². The molecule has 0 unspecified atom stereocenters. The molecule has 3 aromatic rings. The Morgan fingerprint density at radius 3 is 2.00 bits per heavy atom. The van der Waals surface area contributed by atoms with Gasteiger partial charge in [0.05, 0.1) is 11.7 Å². The zero-order valence-electron chi connectivity index (χ0n) is 17.1. The van der Waals surface area contributed by atoms with E-state index in [1.807, 2.05) is 62.4 Å². The van der Waals surface area contributed by atoms with Crippen LogP contribution >= 0.6 is 0 Å². The van der Waals surface area contributed by atoms with Crippen LogP contribution in [0.1, 0.15) is 49.5 Å². The first kappa shape index (κ1) is 20.3. The van der Waals surface area contributed by atoms with Gasteiger partial charge in [0, 0.05) is 23.8 Å². The van der Waals surface area contributed by atoms with Crippen molar-refractivity contribution in [3.05, 3.63) is 72.1 Å². The zero-order valence-corrected chi connectivity index (χ0v) is 17.1. The standard InChI is InChI=1S/C23H26N4O2/c1-15(2)17-5-7-19(8-6-17)26-22(28)18-13-24-23(25-14-18)27-20-9-11-21(12-10-20)29-16(3)4/h5-16H,1-4H3,(H,26,28)(H,24,25,27). The van der Waals surface area contributed by atoms with Crippen molar-refractivity contribution in [3.8, 4) is 5.75 Å². The lowest BCUT2D eigenvalue weighted by molar-refractivity contribution is 0.102. The van der Waals surface area contributed by atoms with Crippen LogP contribution in [0, 0.1) is 0 Å². The van der Waals surface area contributed by atoms with E-state index >= 15 is 0 Å². The van der Waals surface area contributed by atoms with Crippen molar-refractivity contribution >= 4 is 23.2 Å².